The summed E-state index contributed by atoms with van der Waals surface area (Å²) >= 11 is 0. The zero-order valence-corrected chi connectivity index (χ0v) is 10.9. The number of hydrogen-bond acceptors (Lipinski definition) is 4. The minimum atomic E-state index is -0.191. The van der Waals surface area contributed by atoms with Crippen molar-refractivity contribution in [3.8, 4) is 6.07 Å². The molecular formula is C12H21N5. The number of unbranched alkanes of at least 4 members (excludes halogenated alkanes) is 1. The van der Waals surface area contributed by atoms with E-state index in [2.05, 4.69) is 21.6 Å². The van der Waals surface area contributed by atoms with Gasteiger partial charge in [-0.2, -0.15) is 5.26 Å². The molecule has 5 heteroatoms. The van der Waals surface area contributed by atoms with Crippen molar-refractivity contribution < 1.29 is 0 Å². The van der Waals surface area contributed by atoms with Crippen molar-refractivity contribution in [1.29, 1.82) is 5.26 Å². The van der Waals surface area contributed by atoms with E-state index < -0.39 is 0 Å². The van der Waals surface area contributed by atoms with Crippen molar-refractivity contribution in [1.82, 2.24) is 20.1 Å². The monoisotopic (exact) mass is 235 g/mol. The lowest BCUT2D eigenvalue weighted by molar-refractivity contribution is 0.421. The second-order valence-corrected chi connectivity index (χ2v) is 4.99. The predicted molar refractivity (Wildman–Crippen MR) is 66.0 cm³/mol. The van der Waals surface area contributed by atoms with Gasteiger partial charge < -0.3 is 9.88 Å². The Labute approximate surface area is 103 Å². The summed E-state index contributed by atoms with van der Waals surface area (Å²) in [5, 5.41) is 20.0. The molecule has 0 aliphatic rings. The SMILES string of the molecule is Cn1cnnc1CNCCCCC(C)(C)C#N. The summed E-state index contributed by atoms with van der Waals surface area (Å²) in [6, 6.07) is 2.32. The molecule has 0 fully saturated rings. The average Bonchev–Trinajstić information content (AvgIpc) is 2.69. The highest BCUT2D eigenvalue weighted by Gasteiger charge is 2.15. The van der Waals surface area contributed by atoms with Gasteiger partial charge in [-0.25, -0.2) is 0 Å². The van der Waals surface area contributed by atoms with Gasteiger partial charge in [0.05, 0.1) is 18.0 Å². The van der Waals surface area contributed by atoms with Crippen LogP contribution in [0, 0.1) is 16.7 Å². The van der Waals surface area contributed by atoms with Crippen LogP contribution in [-0.4, -0.2) is 21.3 Å². The van der Waals surface area contributed by atoms with Gasteiger partial charge in [0.25, 0.3) is 0 Å². The van der Waals surface area contributed by atoms with Crippen molar-refractivity contribution in [2.45, 2.75) is 39.7 Å². The number of aromatic nitrogens is 3. The molecule has 1 aromatic rings. The first kappa shape index (κ1) is 13.7. The number of nitriles is 1. The summed E-state index contributed by atoms with van der Waals surface area (Å²) in [6.45, 7) is 5.67. The van der Waals surface area contributed by atoms with E-state index in [1.54, 1.807) is 6.33 Å². The third-order valence-corrected chi connectivity index (χ3v) is 2.80. The van der Waals surface area contributed by atoms with Crippen LogP contribution in [0.2, 0.25) is 0 Å². The molecule has 0 unspecified atom stereocenters. The van der Waals surface area contributed by atoms with Crippen LogP contribution in [-0.2, 0) is 13.6 Å². The summed E-state index contributed by atoms with van der Waals surface area (Å²) in [4.78, 5) is 0. The molecule has 17 heavy (non-hydrogen) atoms. The minimum Gasteiger partial charge on any atom is -0.320 e. The molecule has 0 aliphatic carbocycles. The standard InChI is InChI=1S/C12H21N5/c1-12(2,9-13)6-4-5-7-14-8-11-16-15-10-17(11)3/h10,14H,4-8H2,1-3H3. The number of nitrogens with zero attached hydrogens (tertiary/aromatic N) is 4. The van der Waals surface area contributed by atoms with E-state index in [9.17, 15) is 0 Å². The van der Waals surface area contributed by atoms with Crippen LogP contribution in [0.4, 0.5) is 0 Å². The molecule has 0 radical (unpaired) electrons. The van der Waals surface area contributed by atoms with Gasteiger partial charge >= 0.3 is 0 Å². The van der Waals surface area contributed by atoms with Gasteiger partial charge in [-0.05, 0) is 33.2 Å². The van der Waals surface area contributed by atoms with Gasteiger partial charge in [-0.15, -0.1) is 10.2 Å². The van der Waals surface area contributed by atoms with Gasteiger partial charge in [-0.3, -0.25) is 0 Å². The molecule has 0 spiro atoms. The summed E-state index contributed by atoms with van der Waals surface area (Å²) in [7, 11) is 1.94. The first-order valence-electron chi connectivity index (χ1n) is 6.00. The first-order chi connectivity index (χ1) is 8.05. The number of aryl methyl sites for hydroxylation is 1. The van der Waals surface area contributed by atoms with Crippen LogP contribution in [0.25, 0.3) is 0 Å². The van der Waals surface area contributed by atoms with Crippen molar-refractivity contribution >= 4 is 0 Å². The molecule has 94 valence electrons. The Bertz CT molecular complexity index is 374. The molecule has 1 N–H and O–H groups in total. The zero-order valence-electron chi connectivity index (χ0n) is 10.9. The van der Waals surface area contributed by atoms with Gasteiger partial charge in [0.1, 0.15) is 12.2 Å². The molecule has 0 aromatic carbocycles. The van der Waals surface area contributed by atoms with Gasteiger partial charge in [-0.1, -0.05) is 6.42 Å². The van der Waals surface area contributed by atoms with Crippen molar-refractivity contribution in [2.24, 2.45) is 12.5 Å². The van der Waals surface area contributed by atoms with Crippen molar-refractivity contribution in [3.05, 3.63) is 12.2 Å². The Hall–Kier alpha value is -1.41. The highest BCUT2D eigenvalue weighted by Crippen LogP contribution is 2.21. The quantitative estimate of drug-likeness (QED) is 0.729. The van der Waals surface area contributed by atoms with Crippen LogP contribution in [0.15, 0.2) is 6.33 Å². The second kappa shape index (κ2) is 6.36. The van der Waals surface area contributed by atoms with Crippen LogP contribution in [0.5, 0.6) is 0 Å². The van der Waals surface area contributed by atoms with Crippen molar-refractivity contribution in [2.75, 3.05) is 6.54 Å². The Morgan fingerprint density at radius 3 is 2.82 bits per heavy atom. The maximum Gasteiger partial charge on any atom is 0.146 e. The van der Waals surface area contributed by atoms with Gasteiger partial charge in [0.15, 0.2) is 0 Å². The molecule has 0 amide bonds. The zero-order chi connectivity index (χ0) is 12.7. The highest BCUT2D eigenvalue weighted by molar-refractivity contribution is 4.91. The normalized spacial score (nSPS) is 11.4. The Kier molecular flexibility index (Phi) is 5.11. The van der Waals surface area contributed by atoms with Crippen molar-refractivity contribution in [3.63, 3.8) is 0 Å². The maximum absolute atomic E-state index is 8.87. The lowest BCUT2D eigenvalue weighted by Gasteiger charge is -2.14. The first-order valence-corrected chi connectivity index (χ1v) is 6.00. The molecular weight excluding hydrogens is 214 g/mol. The lowest BCUT2D eigenvalue weighted by Crippen LogP contribution is -2.18. The van der Waals surface area contributed by atoms with E-state index in [0.29, 0.717) is 0 Å². The topological polar surface area (TPSA) is 66.5 Å². The Morgan fingerprint density at radius 2 is 2.24 bits per heavy atom. The highest BCUT2D eigenvalue weighted by atomic mass is 15.3. The Balaban J connectivity index is 2.06. The fraction of sp³-hybridized carbons (Fsp3) is 0.750. The van der Waals surface area contributed by atoms with E-state index in [0.717, 1.165) is 38.2 Å². The molecule has 5 nitrogen and oxygen atoms in total. The summed E-state index contributed by atoms with van der Waals surface area (Å²) in [6.07, 6.45) is 4.82. The molecule has 0 aliphatic heterocycles. The number of nitrogens with one attached hydrogen (secondary N) is 1. The van der Waals surface area contributed by atoms with Crippen LogP contribution in [0.3, 0.4) is 0 Å². The molecule has 0 saturated heterocycles. The summed E-state index contributed by atoms with van der Waals surface area (Å²) in [5.41, 5.74) is -0.191. The lowest BCUT2D eigenvalue weighted by atomic mass is 9.89. The third kappa shape index (κ3) is 4.96. The number of hydrogen-bond donors (Lipinski definition) is 1. The smallest absolute Gasteiger partial charge is 0.146 e. The average molecular weight is 235 g/mol. The maximum atomic E-state index is 8.87. The minimum absolute atomic E-state index is 0.191. The van der Waals surface area contributed by atoms with Crippen LogP contribution in [0.1, 0.15) is 38.9 Å². The molecule has 0 saturated carbocycles. The van der Waals surface area contributed by atoms with Gasteiger partial charge in [0, 0.05) is 7.05 Å². The number of rotatable bonds is 7. The Morgan fingerprint density at radius 1 is 1.47 bits per heavy atom. The predicted octanol–water partition coefficient (Wildman–Crippen LogP) is 1.62. The third-order valence-electron chi connectivity index (χ3n) is 2.80. The second-order valence-electron chi connectivity index (χ2n) is 4.99. The molecule has 1 heterocycles. The summed E-state index contributed by atoms with van der Waals surface area (Å²) < 4.78 is 1.91. The molecule has 0 bridgehead atoms. The fourth-order valence-electron chi connectivity index (χ4n) is 1.54. The van der Waals surface area contributed by atoms with E-state index in [1.807, 2.05) is 25.5 Å². The summed E-state index contributed by atoms with van der Waals surface area (Å²) in [5.74, 6) is 0.947. The van der Waals surface area contributed by atoms with E-state index >= 15 is 0 Å². The van der Waals surface area contributed by atoms with E-state index in [-0.39, 0.29) is 5.41 Å². The fourth-order valence-corrected chi connectivity index (χ4v) is 1.54. The molecule has 1 aromatic heterocycles. The van der Waals surface area contributed by atoms with E-state index in [4.69, 9.17) is 5.26 Å². The molecule has 0 atom stereocenters. The molecule has 1 rings (SSSR count). The van der Waals surface area contributed by atoms with E-state index in [1.165, 1.54) is 0 Å². The van der Waals surface area contributed by atoms with Crippen LogP contribution >= 0.6 is 0 Å². The van der Waals surface area contributed by atoms with Crippen LogP contribution < -0.4 is 5.32 Å². The van der Waals surface area contributed by atoms with Gasteiger partial charge in [0.2, 0.25) is 0 Å². The largest absolute Gasteiger partial charge is 0.320 e.